The Hall–Kier alpha value is -3.85. The lowest BCUT2D eigenvalue weighted by Crippen LogP contribution is -2.23. The molecule has 1 fully saturated rings. The minimum Gasteiger partial charge on any atom is -0.341 e. The number of fused-ring (bicyclic) bond motifs is 2. The van der Waals surface area contributed by atoms with Gasteiger partial charge in [0.1, 0.15) is 0 Å². The number of ketones is 1. The number of nitrogens with zero attached hydrogens (tertiary/aromatic N) is 2. The van der Waals surface area contributed by atoms with Crippen molar-refractivity contribution in [2.45, 2.75) is 26.7 Å². The summed E-state index contributed by atoms with van der Waals surface area (Å²) >= 11 is 0. The number of carbonyl (C=O) groups excluding carboxylic acids is 1. The topological polar surface area (TPSA) is 23.6 Å². The van der Waals surface area contributed by atoms with E-state index in [-0.39, 0.29) is 5.78 Å². The van der Waals surface area contributed by atoms with Gasteiger partial charge in [-0.3, -0.25) is 4.79 Å². The summed E-state index contributed by atoms with van der Waals surface area (Å²) in [5, 5.41) is 0. The second kappa shape index (κ2) is 9.56. The number of allylic oxidation sites excluding steroid dienone is 8. The Morgan fingerprint density at radius 3 is 1.53 bits per heavy atom. The molecule has 34 heavy (non-hydrogen) atoms. The third-order valence-electron chi connectivity index (χ3n) is 6.74. The van der Waals surface area contributed by atoms with Gasteiger partial charge in [0.2, 0.25) is 0 Å². The predicted octanol–water partition coefficient (Wildman–Crippen LogP) is 7.08. The van der Waals surface area contributed by atoms with Crippen molar-refractivity contribution in [2.24, 2.45) is 0 Å². The zero-order valence-electron chi connectivity index (χ0n) is 19.9. The summed E-state index contributed by atoms with van der Waals surface area (Å²) in [5.74, 6) is 0.167. The van der Waals surface area contributed by atoms with Crippen molar-refractivity contribution in [3.05, 3.63) is 119 Å². The highest BCUT2D eigenvalue weighted by molar-refractivity contribution is 6.11. The van der Waals surface area contributed by atoms with E-state index in [1.54, 1.807) is 0 Å². The number of anilines is 2. The molecule has 2 heterocycles. The molecule has 0 atom stereocenters. The molecule has 1 saturated carbocycles. The third-order valence-corrected chi connectivity index (χ3v) is 6.74. The molecule has 3 aliphatic rings. The number of carbonyl (C=O) groups is 1. The minimum atomic E-state index is 0.167. The lowest BCUT2D eigenvalue weighted by molar-refractivity contribution is -0.111. The number of hydrogen-bond acceptors (Lipinski definition) is 3. The summed E-state index contributed by atoms with van der Waals surface area (Å²) in [6.07, 6.45) is 18.4. The van der Waals surface area contributed by atoms with Crippen molar-refractivity contribution in [3.8, 4) is 0 Å². The lowest BCUT2D eigenvalue weighted by Gasteiger charge is -2.29. The molecule has 0 radical (unpaired) electrons. The number of benzene rings is 2. The first-order valence-electron chi connectivity index (χ1n) is 12.1. The Morgan fingerprint density at radius 1 is 0.647 bits per heavy atom. The third kappa shape index (κ3) is 4.10. The van der Waals surface area contributed by atoms with Crippen LogP contribution in [0, 0.1) is 0 Å². The number of likely N-dealkylation sites (N-methyl/N-ethyl adjacent to an activating group) is 2. The summed E-state index contributed by atoms with van der Waals surface area (Å²) in [7, 11) is 0. The van der Waals surface area contributed by atoms with Crippen LogP contribution in [-0.2, 0) is 4.79 Å². The van der Waals surface area contributed by atoms with Crippen molar-refractivity contribution >= 4 is 29.3 Å². The van der Waals surface area contributed by atoms with E-state index in [1.807, 2.05) is 12.2 Å². The Bertz CT molecular complexity index is 1200. The molecule has 0 N–H and O–H groups in total. The van der Waals surface area contributed by atoms with Gasteiger partial charge in [0, 0.05) is 47.0 Å². The predicted molar refractivity (Wildman–Crippen MR) is 144 cm³/mol. The van der Waals surface area contributed by atoms with Gasteiger partial charge in [0.05, 0.1) is 0 Å². The Kier molecular flexibility index (Phi) is 6.18. The van der Waals surface area contributed by atoms with E-state index in [4.69, 9.17) is 0 Å². The van der Waals surface area contributed by atoms with Crippen molar-refractivity contribution in [1.29, 1.82) is 0 Å². The fourth-order valence-corrected chi connectivity index (χ4v) is 4.95. The second-order valence-corrected chi connectivity index (χ2v) is 8.67. The molecule has 0 bridgehead atoms. The van der Waals surface area contributed by atoms with Gasteiger partial charge in [0.15, 0.2) is 5.78 Å². The summed E-state index contributed by atoms with van der Waals surface area (Å²) in [6, 6.07) is 16.8. The normalized spacial score (nSPS) is 21.8. The van der Waals surface area contributed by atoms with Crippen LogP contribution in [-0.4, -0.2) is 18.9 Å². The lowest BCUT2D eigenvalue weighted by atomic mass is 10.0. The molecule has 0 unspecified atom stereocenters. The van der Waals surface area contributed by atoms with E-state index in [0.29, 0.717) is 0 Å². The molecule has 0 spiro atoms. The second-order valence-electron chi connectivity index (χ2n) is 8.67. The van der Waals surface area contributed by atoms with Crippen LogP contribution < -0.4 is 9.80 Å². The van der Waals surface area contributed by atoms with Gasteiger partial charge in [-0.1, -0.05) is 60.7 Å². The first-order valence-corrected chi connectivity index (χ1v) is 12.1. The molecular weight excluding hydrogens is 416 g/mol. The van der Waals surface area contributed by atoms with Gasteiger partial charge in [-0.25, -0.2) is 0 Å². The van der Waals surface area contributed by atoms with Gasteiger partial charge in [0.25, 0.3) is 0 Å². The SMILES string of the molecule is CCN1/C(=C/C=C2/CC/C(=C\C=C3/C=Cc4ccccc4N3CC)C2=O)C=Cc2ccccc21. The number of Topliss-reactive ketones (excluding diaryl/α,β-unsaturated/α-hetero) is 1. The number of rotatable bonds is 4. The summed E-state index contributed by atoms with van der Waals surface area (Å²) in [4.78, 5) is 17.7. The average Bonchev–Trinajstić information content (AvgIpc) is 3.24. The van der Waals surface area contributed by atoms with E-state index in [9.17, 15) is 4.79 Å². The molecule has 0 amide bonds. The van der Waals surface area contributed by atoms with Crippen molar-refractivity contribution < 1.29 is 4.79 Å². The summed E-state index contributed by atoms with van der Waals surface area (Å²) < 4.78 is 0. The van der Waals surface area contributed by atoms with Crippen molar-refractivity contribution in [3.63, 3.8) is 0 Å². The zero-order chi connectivity index (χ0) is 23.5. The van der Waals surface area contributed by atoms with Crippen LogP contribution in [0.25, 0.3) is 12.2 Å². The largest absolute Gasteiger partial charge is 0.341 e. The van der Waals surface area contributed by atoms with Crippen LogP contribution in [0.1, 0.15) is 37.8 Å². The van der Waals surface area contributed by atoms with Crippen LogP contribution in [0.4, 0.5) is 11.4 Å². The van der Waals surface area contributed by atoms with Crippen LogP contribution in [0.15, 0.2) is 108 Å². The maximum Gasteiger partial charge on any atom is 0.185 e. The molecule has 170 valence electrons. The highest BCUT2D eigenvalue weighted by Gasteiger charge is 2.23. The molecule has 3 heteroatoms. The first-order chi connectivity index (χ1) is 16.7. The van der Waals surface area contributed by atoms with Crippen molar-refractivity contribution in [2.75, 3.05) is 22.9 Å². The van der Waals surface area contributed by atoms with Crippen LogP contribution in [0.5, 0.6) is 0 Å². The average molecular weight is 447 g/mol. The smallest absolute Gasteiger partial charge is 0.185 e. The van der Waals surface area contributed by atoms with Crippen LogP contribution >= 0.6 is 0 Å². The van der Waals surface area contributed by atoms with Gasteiger partial charge in [-0.2, -0.15) is 0 Å². The highest BCUT2D eigenvalue weighted by atomic mass is 16.1. The van der Waals surface area contributed by atoms with Gasteiger partial charge in [-0.05, 0) is 74.3 Å². The van der Waals surface area contributed by atoms with E-state index in [1.165, 1.54) is 22.5 Å². The van der Waals surface area contributed by atoms with Gasteiger partial charge < -0.3 is 9.80 Å². The Labute approximate surface area is 202 Å². The Morgan fingerprint density at radius 2 is 1.09 bits per heavy atom. The van der Waals surface area contributed by atoms with Gasteiger partial charge >= 0.3 is 0 Å². The monoisotopic (exact) mass is 446 g/mol. The minimum absolute atomic E-state index is 0.167. The van der Waals surface area contributed by atoms with E-state index in [0.717, 1.165) is 48.5 Å². The number of hydrogen-bond donors (Lipinski definition) is 0. The number of para-hydroxylation sites is 2. The standard InChI is InChI=1S/C31H30N2O/c1-3-32-27(19-15-23-9-5-7-11-29(23)32)21-17-25-13-14-26(31(25)34)18-22-28-20-16-24-10-6-8-12-30(24)33(28)4-2/h5-12,15-22H,3-4,13-14H2,1-2H3/b25-17-,26-18+,27-21+,28-22+. The van der Waals surface area contributed by atoms with E-state index in [2.05, 4.69) is 109 Å². The first kappa shape index (κ1) is 22.0. The molecule has 1 aliphatic carbocycles. The maximum absolute atomic E-state index is 13.1. The molecule has 5 rings (SSSR count). The quantitative estimate of drug-likeness (QED) is 0.469. The highest BCUT2D eigenvalue weighted by Crippen LogP contribution is 2.33. The molecule has 3 nitrogen and oxygen atoms in total. The zero-order valence-corrected chi connectivity index (χ0v) is 19.9. The van der Waals surface area contributed by atoms with E-state index >= 15 is 0 Å². The van der Waals surface area contributed by atoms with E-state index < -0.39 is 0 Å². The molecule has 2 aromatic carbocycles. The van der Waals surface area contributed by atoms with Crippen molar-refractivity contribution in [1.82, 2.24) is 0 Å². The Balaban J connectivity index is 1.36. The molecule has 2 aliphatic heterocycles. The maximum atomic E-state index is 13.1. The fourth-order valence-electron chi connectivity index (χ4n) is 4.95. The fraction of sp³-hybridized carbons (Fsp3) is 0.194. The van der Waals surface area contributed by atoms with Gasteiger partial charge in [-0.15, -0.1) is 0 Å². The summed E-state index contributed by atoms with van der Waals surface area (Å²) in [5.41, 5.74) is 8.88. The molecule has 0 saturated heterocycles. The van der Waals surface area contributed by atoms with Crippen LogP contribution in [0.2, 0.25) is 0 Å². The van der Waals surface area contributed by atoms with Crippen LogP contribution in [0.3, 0.4) is 0 Å². The summed E-state index contributed by atoms with van der Waals surface area (Å²) in [6.45, 7) is 6.08. The molecular formula is C31H30N2O. The molecule has 0 aromatic heterocycles. The molecule has 2 aromatic rings.